The number of hydrogen-bond acceptors (Lipinski definition) is 5. The zero-order valence-electron chi connectivity index (χ0n) is 15.6. The number of rotatable bonds is 7. The van der Waals surface area contributed by atoms with Gasteiger partial charge in [0.25, 0.3) is 0 Å². The molecule has 2 unspecified atom stereocenters. The molecule has 2 amide bonds. The molecule has 1 heterocycles. The normalized spacial score (nSPS) is 22.4. The molecule has 0 aromatic heterocycles. The maximum atomic E-state index is 13.0. The number of nitrogens with zero attached hydrogens (tertiary/aromatic N) is 1. The molecule has 1 saturated heterocycles. The summed E-state index contributed by atoms with van der Waals surface area (Å²) < 4.78 is 0. The van der Waals surface area contributed by atoms with E-state index in [4.69, 9.17) is 5.73 Å². The van der Waals surface area contributed by atoms with Crippen LogP contribution in [-0.4, -0.2) is 51.9 Å². The van der Waals surface area contributed by atoms with E-state index in [-0.39, 0.29) is 11.8 Å². The number of hydrogen-bond donors (Lipinski definition) is 4. The molecule has 0 aliphatic carbocycles. The molecule has 0 radical (unpaired) electrons. The summed E-state index contributed by atoms with van der Waals surface area (Å²) in [6.45, 7) is 5.91. The van der Waals surface area contributed by atoms with Crippen molar-refractivity contribution in [2.75, 3.05) is 6.54 Å². The lowest BCUT2D eigenvalue weighted by molar-refractivity contribution is -0.141. The van der Waals surface area contributed by atoms with Crippen molar-refractivity contribution in [3.8, 4) is 0 Å². The first-order valence-corrected chi connectivity index (χ1v) is 9.03. The predicted molar refractivity (Wildman–Crippen MR) is 99.7 cm³/mol. The number of likely N-dealkylation sites (tertiary alicyclic amines) is 1. The first-order valence-electron chi connectivity index (χ1n) is 9.03. The maximum absolute atomic E-state index is 13.0. The van der Waals surface area contributed by atoms with Gasteiger partial charge in [-0.2, -0.15) is 0 Å². The maximum Gasteiger partial charge on any atom is 0.475 e. The summed E-state index contributed by atoms with van der Waals surface area (Å²) in [4.78, 5) is 27.5. The lowest BCUT2D eigenvalue weighted by Gasteiger charge is -2.32. The molecule has 7 nitrogen and oxygen atoms in total. The third-order valence-corrected chi connectivity index (χ3v) is 5.26. The van der Waals surface area contributed by atoms with E-state index >= 15 is 0 Å². The van der Waals surface area contributed by atoms with Crippen molar-refractivity contribution in [3.63, 3.8) is 0 Å². The Morgan fingerprint density at radius 3 is 2.42 bits per heavy atom. The van der Waals surface area contributed by atoms with Gasteiger partial charge in [0.1, 0.15) is 6.04 Å². The topological polar surface area (TPSA) is 116 Å². The third-order valence-electron chi connectivity index (χ3n) is 5.26. The lowest BCUT2D eigenvalue weighted by atomic mass is 9.77. The monoisotopic (exact) mass is 361 g/mol. The van der Waals surface area contributed by atoms with E-state index in [2.05, 4.69) is 5.32 Å². The summed E-state index contributed by atoms with van der Waals surface area (Å²) in [5.74, 6) is -1.56. The zero-order valence-corrected chi connectivity index (χ0v) is 15.6. The van der Waals surface area contributed by atoms with Gasteiger partial charge >= 0.3 is 7.12 Å². The van der Waals surface area contributed by atoms with Gasteiger partial charge in [-0.05, 0) is 24.3 Å². The van der Waals surface area contributed by atoms with Crippen LogP contribution in [-0.2, 0) is 9.59 Å². The van der Waals surface area contributed by atoms with Crippen LogP contribution in [0.4, 0.5) is 0 Å². The number of nitrogens with two attached hydrogens (primary N) is 1. The Morgan fingerprint density at radius 1 is 1.35 bits per heavy atom. The van der Waals surface area contributed by atoms with E-state index in [9.17, 15) is 19.6 Å². The van der Waals surface area contributed by atoms with Gasteiger partial charge in [-0.15, -0.1) is 0 Å². The van der Waals surface area contributed by atoms with Gasteiger partial charge in [0, 0.05) is 6.54 Å². The average molecular weight is 361 g/mol. The Balaban J connectivity index is 2.35. The van der Waals surface area contributed by atoms with Gasteiger partial charge in [-0.25, -0.2) is 0 Å². The molecule has 8 heteroatoms. The van der Waals surface area contributed by atoms with Crippen LogP contribution in [0, 0.1) is 5.92 Å². The van der Waals surface area contributed by atoms with E-state index in [1.54, 1.807) is 31.2 Å². The summed E-state index contributed by atoms with van der Waals surface area (Å²) in [6.07, 6.45) is 0.825. The second-order valence-electron chi connectivity index (χ2n) is 7.19. The number of carbonyl (C=O) groups excluding carboxylic acids is 2. The second-order valence-corrected chi connectivity index (χ2v) is 7.19. The van der Waals surface area contributed by atoms with Crippen LogP contribution in [0.5, 0.6) is 0 Å². The quantitative estimate of drug-likeness (QED) is 0.519. The Morgan fingerprint density at radius 2 is 1.96 bits per heavy atom. The summed E-state index contributed by atoms with van der Waals surface area (Å²) >= 11 is 0. The number of carbonyl (C=O) groups is 2. The summed E-state index contributed by atoms with van der Waals surface area (Å²) in [6, 6.07) is 8.12. The fraction of sp³-hybridized carbons (Fsp3) is 0.556. The molecule has 1 fully saturated rings. The van der Waals surface area contributed by atoms with E-state index in [0.29, 0.717) is 24.9 Å². The highest BCUT2D eigenvalue weighted by atomic mass is 16.4. The van der Waals surface area contributed by atoms with Crippen molar-refractivity contribution in [3.05, 3.63) is 35.9 Å². The Kier molecular flexibility index (Phi) is 6.44. The van der Waals surface area contributed by atoms with E-state index in [0.717, 1.165) is 0 Å². The van der Waals surface area contributed by atoms with Gasteiger partial charge in [-0.1, -0.05) is 51.1 Å². The fourth-order valence-corrected chi connectivity index (χ4v) is 3.32. The standard InChI is InChI=1S/C18H28BN3O4/c1-4-14(19(25)26)21-16(23)15(13-8-6-5-7-9-13)22-11-10-18(20,12(2)3)17(22)24/h5-9,12,14-15,25-26H,4,10-11,20H2,1-3H3,(H,21,23)/t14-,15?,18?/m0/s1. The van der Waals surface area contributed by atoms with Crippen LogP contribution in [0.2, 0.25) is 0 Å². The van der Waals surface area contributed by atoms with E-state index in [1.165, 1.54) is 4.90 Å². The SMILES string of the molecule is CC[C@H](NC(=O)C(c1ccccc1)N1CCC(N)(C(C)C)C1=O)B(O)O. The number of benzene rings is 1. The van der Waals surface area contributed by atoms with E-state index < -0.39 is 30.5 Å². The van der Waals surface area contributed by atoms with Crippen molar-refractivity contribution >= 4 is 18.9 Å². The molecule has 1 aliphatic heterocycles. The lowest BCUT2D eigenvalue weighted by Crippen LogP contribution is -2.55. The molecule has 26 heavy (non-hydrogen) atoms. The van der Waals surface area contributed by atoms with Gasteiger partial charge in [0.15, 0.2) is 0 Å². The molecule has 0 bridgehead atoms. The smallest absolute Gasteiger partial charge is 0.426 e. The first kappa shape index (κ1) is 20.4. The Labute approximate surface area is 154 Å². The van der Waals surface area contributed by atoms with Gasteiger partial charge in [0.05, 0.1) is 11.5 Å². The molecule has 1 aromatic carbocycles. The van der Waals surface area contributed by atoms with Crippen LogP contribution in [0.1, 0.15) is 45.2 Å². The predicted octanol–water partition coefficient (Wildman–Crippen LogP) is 0.220. The average Bonchev–Trinajstić information content (AvgIpc) is 2.91. The van der Waals surface area contributed by atoms with Crippen molar-refractivity contribution in [2.45, 2.75) is 51.1 Å². The second kappa shape index (κ2) is 8.20. The molecule has 142 valence electrons. The molecule has 1 aromatic rings. The molecule has 0 spiro atoms. The summed E-state index contributed by atoms with van der Waals surface area (Å²) in [7, 11) is -1.67. The highest BCUT2D eigenvalue weighted by molar-refractivity contribution is 6.43. The molecule has 5 N–H and O–H groups in total. The van der Waals surface area contributed by atoms with Gasteiger partial charge in [0.2, 0.25) is 11.8 Å². The molecular formula is C18H28BN3O4. The first-order chi connectivity index (χ1) is 12.2. The van der Waals surface area contributed by atoms with Crippen molar-refractivity contribution in [2.24, 2.45) is 11.7 Å². The Hall–Kier alpha value is -1.90. The summed E-state index contributed by atoms with van der Waals surface area (Å²) in [5, 5.41) is 21.5. The van der Waals surface area contributed by atoms with Crippen LogP contribution < -0.4 is 11.1 Å². The fourth-order valence-electron chi connectivity index (χ4n) is 3.32. The minimum absolute atomic E-state index is 0.0536. The van der Waals surface area contributed by atoms with Crippen molar-refractivity contribution in [1.29, 1.82) is 0 Å². The molecule has 2 rings (SSSR count). The van der Waals surface area contributed by atoms with Crippen LogP contribution in [0.25, 0.3) is 0 Å². The molecular weight excluding hydrogens is 333 g/mol. The largest absolute Gasteiger partial charge is 0.475 e. The van der Waals surface area contributed by atoms with Gasteiger partial charge in [-0.3, -0.25) is 9.59 Å². The third kappa shape index (κ3) is 3.92. The molecule has 0 saturated carbocycles. The number of nitrogens with one attached hydrogen (secondary N) is 1. The Bertz CT molecular complexity index is 641. The minimum atomic E-state index is -1.67. The number of amides is 2. The highest BCUT2D eigenvalue weighted by Gasteiger charge is 2.49. The van der Waals surface area contributed by atoms with Crippen LogP contribution >= 0.6 is 0 Å². The minimum Gasteiger partial charge on any atom is -0.426 e. The van der Waals surface area contributed by atoms with E-state index in [1.807, 2.05) is 19.9 Å². The van der Waals surface area contributed by atoms with Gasteiger partial charge < -0.3 is 26.0 Å². The highest BCUT2D eigenvalue weighted by Crippen LogP contribution is 2.34. The molecule has 3 atom stereocenters. The molecule has 1 aliphatic rings. The van der Waals surface area contributed by atoms with Crippen LogP contribution in [0.3, 0.4) is 0 Å². The van der Waals surface area contributed by atoms with Crippen molar-refractivity contribution < 1.29 is 19.6 Å². The van der Waals surface area contributed by atoms with Crippen LogP contribution in [0.15, 0.2) is 30.3 Å². The summed E-state index contributed by atoms with van der Waals surface area (Å²) in [5.41, 5.74) is 5.99. The zero-order chi connectivity index (χ0) is 19.5. The van der Waals surface area contributed by atoms with Crippen molar-refractivity contribution in [1.82, 2.24) is 10.2 Å².